The average molecular weight is 522 g/mol. The van der Waals surface area contributed by atoms with E-state index in [4.69, 9.17) is 4.98 Å². The van der Waals surface area contributed by atoms with Crippen molar-refractivity contribution in [2.24, 2.45) is 0 Å². The van der Waals surface area contributed by atoms with Crippen molar-refractivity contribution < 1.29 is 14.3 Å². The van der Waals surface area contributed by atoms with Crippen molar-refractivity contribution in [1.29, 1.82) is 0 Å². The van der Waals surface area contributed by atoms with Crippen molar-refractivity contribution in [2.75, 3.05) is 5.32 Å². The van der Waals surface area contributed by atoms with Gasteiger partial charge in [0.05, 0.1) is 28.6 Å². The van der Waals surface area contributed by atoms with Crippen molar-refractivity contribution in [3.8, 4) is 39.7 Å². The minimum atomic E-state index is -0.565. The van der Waals surface area contributed by atoms with E-state index in [1.165, 1.54) is 12.1 Å². The van der Waals surface area contributed by atoms with Gasteiger partial charge < -0.3 is 15.4 Å². The van der Waals surface area contributed by atoms with E-state index in [0.29, 0.717) is 45.9 Å². The van der Waals surface area contributed by atoms with Crippen LogP contribution in [0.25, 0.3) is 55.8 Å². The maximum atomic E-state index is 14.0. The van der Waals surface area contributed by atoms with E-state index >= 15 is 0 Å². The number of phenolic OH excluding ortho intramolecular Hbond substituents is 1. The van der Waals surface area contributed by atoms with Gasteiger partial charge in [-0.2, -0.15) is 5.10 Å². The monoisotopic (exact) mass is 521 g/mol. The van der Waals surface area contributed by atoms with Crippen molar-refractivity contribution in [3.63, 3.8) is 0 Å². The van der Waals surface area contributed by atoms with Gasteiger partial charge in [-0.15, -0.1) is 0 Å². The molecule has 4 aromatic heterocycles. The number of amides is 1. The van der Waals surface area contributed by atoms with Crippen LogP contribution in [0.2, 0.25) is 0 Å². The summed E-state index contributed by atoms with van der Waals surface area (Å²) in [4.78, 5) is 28.9. The molecule has 39 heavy (non-hydrogen) atoms. The number of carbonyl (C=O) groups excluding carboxylic acids is 1. The molecule has 6 aromatic rings. The van der Waals surface area contributed by atoms with E-state index < -0.39 is 5.82 Å². The van der Waals surface area contributed by atoms with Crippen LogP contribution in [0.5, 0.6) is 5.75 Å². The Kier molecular flexibility index (Phi) is 6.20. The Hall–Kier alpha value is -5.12. The molecule has 2 aromatic carbocycles. The van der Waals surface area contributed by atoms with Crippen LogP contribution in [-0.2, 0) is 4.79 Å². The van der Waals surface area contributed by atoms with E-state index in [2.05, 4.69) is 30.5 Å². The van der Waals surface area contributed by atoms with Gasteiger partial charge in [0.15, 0.2) is 5.82 Å². The second-order valence-electron chi connectivity index (χ2n) is 9.29. The molecule has 0 unspecified atom stereocenters. The lowest BCUT2D eigenvalue weighted by Gasteiger charge is -2.07. The van der Waals surface area contributed by atoms with Gasteiger partial charge >= 0.3 is 0 Å². The summed E-state index contributed by atoms with van der Waals surface area (Å²) in [6.07, 6.45) is 7.24. The Balaban J connectivity index is 1.38. The van der Waals surface area contributed by atoms with Crippen molar-refractivity contribution in [3.05, 3.63) is 72.9 Å². The number of hydrogen-bond acceptors (Lipinski definition) is 6. The second kappa shape index (κ2) is 9.97. The first kappa shape index (κ1) is 24.2. The molecule has 0 spiro atoms. The molecule has 0 aliphatic rings. The molecule has 0 saturated heterocycles. The number of imidazole rings is 1. The zero-order valence-corrected chi connectivity index (χ0v) is 21.0. The number of H-pyrrole nitrogens is 2. The zero-order valence-electron chi connectivity index (χ0n) is 21.0. The van der Waals surface area contributed by atoms with Gasteiger partial charge in [-0.05, 0) is 48.4 Å². The number of nitrogens with one attached hydrogen (secondary N) is 3. The van der Waals surface area contributed by atoms with Crippen LogP contribution in [0.15, 0.2) is 67.1 Å². The smallest absolute Gasteiger partial charge is 0.224 e. The average Bonchev–Trinajstić information content (AvgIpc) is 3.55. The number of anilines is 1. The maximum Gasteiger partial charge on any atom is 0.224 e. The first-order valence-electron chi connectivity index (χ1n) is 12.6. The molecular weight excluding hydrogens is 497 g/mol. The third-order valence-electron chi connectivity index (χ3n) is 6.46. The summed E-state index contributed by atoms with van der Waals surface area (Å²) >= 11 is 0. The van der Waals surface area contributed by atoms with Crippen LogP contribution in [0.4, 0.5) is 10.1 Å². The first-order chi connectivity index (χ1) is 19.0. The number of rotatable bonds is 7. The first-order valence-corrected chi connectivity index (χ1v) is 12.6. The van der Waals surface area contributed by atoms with E-state index in [0.717, 1.165) is 40.9 Å². The Morgan fingerprint density at radius 3 is 2.74 bits per heavy atom. The number of halogens is 1. The van der Waals surface area contributed by atoms with Crippen molar-refractivity contribution in [1.82, 2.24) is 30.1 Å². The highest BCUT2D eigenvalue weighted by molar-refractivity contribution is 5.98. The molecule has 4 N–H and O–H groups in total. The number of unbranched alkanes of at least 4 members (excludes halogenated alkanes) is 1. The summed E-state index contributed by atoms with van der Waals surface area (Å²) in [5, 5.41) is 21.2. The van der Waals surface area contributed by atoms with Crippen LogP contribution in [0.1, 0.15) is 26.2 Å². The lowest BCUT2D eigenvalue weighted by molar-refractivity contribution is -0.116. The largest absolute Gasteiger partial charge is 0.508 e. The van der Waals surface area contributed by atoms with Gasteiger partial charge in [0.2, 0.25) is 5.91 Å². The SMILES string of the molecule is CCCCC(=O)Nc1cncc(-c2ccc3[nH]nc(-c4nc5c(-c6cc(O)cc(F)c6)nccc5[nH]4)c3c2)c1. The Morgan fingerprint density at radius 2 is 1.90 bits per heavy atom. The molecule has 0 aliphatic carbocycles. The standard InChI is InChI=1S/C29H24FN7O2/c1-2-3-4-25(39)33-20-10-18(14-31-15-20)16-5-6-23-22(12-16)27(37-36-23)29-34-24-7-8-32-26(28(24)35-29)17-9-19(30)13-21(38)11-17/h5-15,38H,2-4H2,1H3,(H,33,39)(H,34,35)(H,36,37). The second-order valence-corrected chi connectivity index (χ2v) is 9.29. The lowest BCUT2D eigenvalue weighted by atomic mass is 10.0. The number of pyridine rings is 2. The number of carbonyl (C=O) groups is 1. The van der Waals surface area contributed by atoms with Gasteiger partial charge in [-0.3, -0.25) is 19.9 Å². The minimum absolute atomic E-state index is 0.0319. The summed E-state index contributed by atoms with van der Waals surface area (Å²) in [5.41, 5.74) is 5.89. The fourth-order valence-corrected chi connectivity index (χ4v) is 4.57. The quantitative estimate of drug-likeness (QED) is 0.198. The van der Waals surface area contributed by atoms with Gasteiger partial charge in [0.1, 0.15) is 22.8 Å². The van der Waals surface area contributed by atoms with Gasteiger partial charge in [0, 0.05) is 41.4 Å². The fraction of sp³-hybridized carbons (Fsp3) is 0.138. The Bertz CT molecular complexity index is 1820. The number of aromatic nitrogens is 6. The Labute approximate surface area is 222 Å². The number of fused-ring (bicyclic) bond motifs is 2. The highest BCUT2D eigenvalue weighted by atomic mass is 19.1. The molecule has 0 fully saturated rings. The predicted molar refractivity (Wildman–Crippen MR) is 147 cm³/mol. The summed E-state index contributed by atoms with van der Waals surface area (Å²) in [6, 6.07) is 13.3. The molecule has 4 heterocycles. The van der Waals surface area contributed by atoms with E-state index in [1.54, 1.807) is 24.7 Å². The molecule has 0 radical (unpaired) electrons. The van der Waals surface area contributed by atoms with Gasteiger partial charge in [0.25, 0.3) is 0 Å². The van der Waals surface area contributed by atoms with Crippen LogP contribution in [0, 0.1) is 5.82 Å². The summed E-state index contributed by atoms with van der Waals surface area (Å²) in [6.45, 7) is 2.05. The summed E-state index contributed by atoms with van der Waals surface area (Å²) in [5.74, 6) is -0.275. The highest BCUT2D eigenvalue weighted by Crippen LogP contribution is 2.33. The van der Waals surface area contributed by atoms with Crippen LogP contribution >= 0.6 is 0 Å². The predicted octanol–water partition coefficient (Wildman–Crippen LogP) is 6.20. The highest BCUT2D eigenvalue weighted by Gasteiger charge is 2.17. The van der Waals surface area contributed by atoms with Gasteiger partial charge in [-0.1, -0.05) is 19.4 Å². The third kappa shape index (κ3) is 4.79. The molecular formula is C29H24FN7O2. The van der Waals surface area contributed by atoms with E-state index in [1.807, 2.05) is 31.2 Å². The third-order valence-corrected chi connectivity index (χ3v) is 6.46. The molecule has 0 atom stereocenters. The molecule has 0 saturated carbocycles. The maximum absolute atomic E-state index is 14.0. The van der Waals surface area contributed by atoms with E-state index in [9.17, 15) is 14.3 Å². The van der Waals surface area contributed by atoms with Crippen molar-refractivity contribution >= 4 is 33.5 Å². The molecule has 194 valence electrons. The van der Waals surface area contributed by atoms with Crippen LogP contribution in [0.3, 0.4) is 0 Å². The molecule has 6 rings (SSSR count). The number of aromatic amines is 2. The number of phenols is 1. The van der Waals surface area contributed by atoms with Crippen LogP contribution in [-0.4, -0.2) is 41.1 Å². The molecule has 9 nitrogen and oxygen atoms in total. The minimum Gasteiger partial charge on any atom is -0.508 e. The van der Waals surface area contributed by atoms with E-state index in [-0.39, 0.29) is 11.7 Å². The number of nitrogens with zero attached hydrogens (tertiary/aromatic N) is 4. The van der Waals surface area contributed by atoms with Crippen molar-refractivity contribution in [2.45, 2.75) is 26.2 Å². The van der Waals surface area contributed by atoms with Gasteiger partial charge in [-0.25, -0.2) is 9.37 Å². The summed E-state index contributed by atoms with van der Waals surface area (Å²) in [7, 11) is 0. The van der Waals surface area contributed by atoms with Crippen LogP contribution < -0.4 is 5.32 Å². The Morgan fingerprint density at radius 1 is 1.00 bits per heavy atom. The molecule has 0 bridgehead atoms. The normalized spacial score (nSPS) is 11.3. The number of hydrogen-bond donors (Lipinski definition) is 4. The fourth-order valence-electron chi connectivity index (χ4n) is 4.57. The topological polar surface area (TPSA) is 132 Å². The lowest BCUT2D eigenvalue weighted by Crippen LogP contribution is -2.11. The number of aromatic hydroxyl groups is 1. The molecule has 10 heteroatoms. The molecule has 1 amide bonds. The zero-order chi connectivity index (χ0) is 26.9. The molecule has 0 aliphatic heterocycles. The summed E-state index contributed by atoms with van der Waals surface area (Å²) < 4.78 is 14.0. The number of benzene rings is 2.